The van der Waals surface area contributed by atoms with Crippen LogP contribution in [0.25, 0.3) is 22.1 Å². The molecule has 0 unspecified atom stereocenters. The number of halogens is 1. The lowest BCUT2D eigenvalue weighted by molar-refractivity contribution is -0.139. The van der Waals surface area contributed by atoms with Crippen molar-refractivity contribution in [1.82, 2.24) is 9.80 Å². The fourth-order valence-corrected chi connectivity index (χ4v) is 5.36. The molecular formula is C28H23FN4O3. The number of carbonyl (C=O) groups is 2. The lowest BCUT2D eigenvalue weighted by Gasteiger charge is -2.41. The van der Waals surface area contributed by atoms with Gasteiger partial charge in [-0.1, -0.05) is 18.2 Å². The monoisotopic (exact) mass is 482 g/mol. The minimum Gasteiger partial charge on any atom is -0.446 e. The van der Waals surface area contributed by atoms with Crippen LogP contribution < -0.4 is 0 Å². The van der Waals surface area contributed by atoms with Crippen LogP contribution in [0, 0.1) is 29.0 Å². The highest BCUT2D eigenvalue weighted by atomic mass is 19.1. The van der Waals surface area contributed by atoms with Crippen LogP contribution in [0.15, 0.2) is 51.9 Å². The van der Waals surface area contributed by atoms with E-state index in [0.717, 1.165) is 31.1 Å². The maximum absolute atomic E-state index is 15.4. The predicted molar refractivity (Wildman–Crippen MR) is 129 cm³/mol. The van der Waals surface area contributed by atoms with E-state index >= 15 is 4.39 Å². The van der Waals surface area contributed by atoms with E-state index in [4.69, 9.17) is 14.7 Å². The Balaban J connectivity index is 1.14. The van der Waals surface area contributed by atoms with E-state index in [1.807, 2.05) is 17.0 Å². The smallest absolute Gasteiger partial charge is 0.256 e. The molecule has 0 radical (unpaired) electrons. The van der Waals surface area contributed by atoms with Crippen LogP contribution in [0.5, 0.6) is 0 Å². The summed E-state index contributed by atoms with van der Waals surface area (Å²) in [4.78, 5) is 33.8. The Morgan fingerprint density at radius 1 is 1.14 bits per heavy atom. The first-order valence-electron chi connectivity index (χ1n) is 12.4. The quantitative estimate of drug-likeness (QED) is 0.548. The van der Waals surface area contributed by atoms with Crippen LogP contribution in [-0.2, 0) is 9.59 Å². The van der Waals surface area contributed by atoms with E-state index in [2.05, 4.69) is 0 Å². The molecule has 2 aromatic carbocycles. The van der Waals surface area contributed by atoms with Crippen molar-refractivity contribution in [3.63, 3.8) is 0 Å². The molecule has 0 bridgehead atoms. The third-order valence-corrected chi connectivity index (χ3v) is 7.74. The Morgan fingerprint density at radius 2 is 1.92 bits per heavy atom. The zero-order chi connectivity index (χ0) is 24.6. The van der Waals surface area contributed by atoms with Gasteiger partial charge in [0.2, 0.25) is 11.7 Å². The molecule has 4 aliphatic rings. The summed E-state index contributed by atoms with van der Waals surface area (Å²) in [7, 11) is 0. The van der Waals surface area contributed by atoms with Crippen LogP contribution in [-0.4, -0.2) is 52.6 Å². The number of furan rings is 1. The summed E-state index contributed by atoms with van der Waals surface area (Å²) >= 11 is 0. The molecule has 8 heteroatoms. The molecule has 0 N–H and O–H groups in total. The predicted octanol–water partition coefficient (Wildman–Crippen LogP) is 4.10. The molecule has 0 atom stereocenters. The molecule has 2 amide bonds. The third-order valence-electron chi connectivity index (χ3n) is 7.74. The van der Waals surface area contributed by atoms with Crippen molar-refractivity contribution < 1.29 is 18.4 Å². The zero-order valence-electron chi connectivity index (χ0n) is 19.5. The highest BCUT2D eigenvalue weighted by molar-refractivity contribution is 6.16. The van der Waals surface area contributed by atoms with E-state index in [1.165, 1.54) is 6.07 Å². The number of nitrogens with zero attached hydrogens (tertiary/aromatic N) is 4. The summed E-state index contributed by atoms with van der Waals surface area (Å²) in [5, 5.41) is 9.79. The third kappa shape index (κ3) is 3.34. The van der Waals surface area contributed by atoms with Crippen LogP contribution in [0.3, 0.4) is 0 Å². The Kier molecular flexibility index (Phi) is 4.44. The topological polar surface area (TPSA) is 89.9 Å². The molecule has 3 heterocycles. The number of amides is 2. The van der Waals surface area contributed by atoms with Crippen LogP contribution in [0.4, 0.5) is 4.39 Å². The van der Waals surface area contributed by atoms with Gasteiger partial charge in [-0.05, 0) is 49.4 Å². The molecule has 2 aliphatic carbocycles. The Morgan fingerprint density at radius 3 is 2.61 bits per heavy atom. The zero-order valence-corrected chi connectivity index (χ0v) is 19.5. The number of nitriles is 1. The normalized spacial score (nSPS) is 20.6. The lowest BCUT2D eigenvalue weighted by atomic mass is 9.97. The van der Waals surface area contributed by atoms with Crippen molar-refractivity contribution in [2.45, 2.75) is 31.2 Å². The van der Waals surface area contributed by atoms with E-state index in [0.29, 0.717) is 47.7 Å². The van der Waals surface area contributed by atoms with Crippen LogP contribution in [0.2, 0.25) is 0 Å². The number of rotatable bonds is 5. The second-order valence-electron chi connectivity index (χ2n) is 10.4. The highest BCUT2D eigenvalue weighted by Gasteiger charge is 2.58. The van der Waals surface area contributed by atoms with Gasteiger partial charge in [0.25, 0.3) is 5.91 Å². The van der Waals surface area contributed by atoms with Crippen molar-refractivity contribution in [3.05, 3.63) is 59.6 Å². The number of amidine groups is 1. The number of hydrogen-bond donors (Lipinski definition) is 0. The van der Waals surface area contributed by atoms with Gasteiger partial charge in [-0.3, -0.25) is 19.5 Å². The van der Waals surface area contributed by atoms with Gasteiger partial charge in [-0.15, -0.1) is 0 Å². The maximum atomic E-state index is 15.4. The fraction of sp³-hybridized carbons (Fsp3) is 0.357. The van der Waals surface area contributed by atoms with Gasteiger partial charge in [0, 0.05) is 54.0 Å². The van der Waals surface area contributed by atoms with Crippen molar-refractivity contribution in [3.8, 4) is 17.2 Å². The SMILES string of the molecule is N#Cc1cc2cc(-c3ccc(C4=NC5(CC5)C(=O)N4CC4CN(C(=O)C5CC5)C4)cc3F)ccc2o1. The van der Waals surface area contributed by atoms with E-state index in [-0.39, 0.29) is 29.4 Å². The number of aliphatic imine (C=N–C) groups is 1. The maximum Gasteiger partial charge on any atom is 0.256 e. The van der Waals surface area contributed by atoms with Gasteiger partial charge >= 0.3 is 0 Å². The van der Waals surface area contributed by atoms with E-state index in [9.17, 15) is 9.59 Å². The molecule has 2 aliphatic heterocycles. The average molecular weight is 483 g/mol. The van der Waals surface area contributed by atoms with Gasteiger partial charge in [0.15, 0.2) is 0 Å². The van der Waals surface area contributed by atoms with Gasteiger partial charge in [-0.2, -0.15) is 5.26 Å². The standard InChI is InChI=1S/C28H23FN4O3/c29-23-11-19(3-5-22(23)18-4-6-24-20(9-18)10-21(12-30)36-24)25-31-28(7-8-28)27(35)33(25)15-16-13-32(14-16)26(34)17-1-2-17/h3-6,9-11,16-17H,1-2,7-8,13-15H2. The summed E-state index contributed by atoms with van der Waals surface area (Å²) in [5.41, 5.74) is 1.57. The molecular weight excluding hydrogens is 459 g/mol. The summed E-state index contributed by atoms with van der Waals surface area (Å²) in [5.74, 6) is 0.971. The molecule has 1 saturated heterocycles. The summed E-state index contributed by atoms with van der Waals surface area (Å²) in [6, 6.07) is 13.9. The Bertz CT molecular complexity index is 1520. The number of carbonyl (C=O) groups excluding carboxylic acids is 2. The molecule has 36 heavy (non-hydrogen) atoms. The molecule has 7 rings (SSSR count). The van der Waals surface area contributed by atoms with Gasteiger partial charge in [-0.25, -0.2) is 4.39 Å². The highest BCUT2D eigenvalue weighted by Crippen LogP contribution is 2.46. The molecule has 1 spiro atoms. The van der Waals surface area contributed by atoms with E-state index < -0.39 is 11.4 Å². The number of likely N-dealkylation sites (tertiary alicyclic amines) is 1. The van der Waals surface area contributed by atoms with Crippen LogP contribution >= 0.6 is 0 Å². The average Bonchev–Trinajstić information content (AvgIpc) is 3.77. The minimum atomic E-state index is -0.678. The van der Waals surface area contributed by atoms with Gasteiger partial charge < -0.3 is 9.32 Å². The van der Waals surface area contributed by atoms with Crippen LogP contribution in [0.1, 0.15) is 37.0 Å². The molecule has 1 aromatic heterocycles. The first-order valence-corrected chi connectivity index (χ1v) is 12.4. The number of fused-ring (bicyclic) bond motifs is 1. The number of benzene rings is 2. The molecule has 2 saturated carbocycles. The molecule has 3 fully saturated rings. The van der Waals surface area contributed by atoms with E-state index in [1.54, 1.807) is 35.2 Å². The Labute approximate surface area is 206 Å². The van der Waals surface area contributed by atoms with Gasteiger partial charge in [0.1, 0.15) is 28.8 Å². The van der Waals surface area contributed by atoms with Gasteiger partial charge in [0.05, 0.1) is 0 Å². The summed E-state index contributed by atoms with van der Waals surface area (Å²) in [6.45, 7) is 1.82. The first-order chi connectivity index (χ1) is 17.4. The first kappa shape index (κ1) is 21.3. The van der Waals surface area contributed by atoms with Crippen molar-refractivity contribution in [2.75, 3.05) is 19.6 Å². The Hall–Kier alpha value is -3.99. The largest absolute Gasteiger partial charge is 0.446 e. The number of hydrogen-bond acceptors (Lipinski definition) is 5. The van der Waals surface area contributed by atoms with Crippen molar-refractivity contribution in [1.29, 1.82) is 5.26 Å². The lowest BCUT2D eigenvalue weighted by Crippen LogP contribution is -2.55. The fourth-order valence-electron chi connectivity index (χ4n) is 5.36. The second kappa shape index (κ2) is 7.50. The minimum absolute atomic E-state index is 0.00680. The van der Waals surface area contributed by atoms with Crippen molar-refractivity contribution >= 4 is 28.6 Å². The molecule has 3 aromatic rings. The van der Waals surface area contributed by atoms with Crippen molar-refractivity contribution in [2.24, 2.45) is 16.8 Å². The summed E-state index contributed by atoms with van der Waals surface area (Å²) < 4.78 is 20.8. The molecule has 7 nitrogen and oxygen atoms in total. The molecule has 180 valence electrons. The summed E-state index contributed by atoms with van der Waals surface area (Å²) in [6.07, 6.45) is 3.42. The second-order valence-corrected chi connectivity index (χ2v) is 10.4.